The maximum absolute atomic E-state index is 11.9. The molecule has 1 aromatic rings. The number of hydrogen-bond donors (Lipinski definition) is 2. The first kappa shape index (κ1) is 18.4. The van der Waals surface area contributed by atoms with E-state index in [1.165, 1.54) is 0 Å². The molecule has 0 aliphatic carbocycles. The van der Waals surface area contributed by atoms with Crippen LogP contribution in [0.2, 0.25) is 0 Å². The summed E-state index contributed by atoms with van der Waals surface area (Å²) in [5, 5.41) is 3.23. The van der Waals surface area contributed by atoms with Crippen molar-refractivity contribution in [1.82, 2.24) is 19.6 Å². The molecule has 8 heteroatoms. The van der Waals surface area contributed by atoms with Gasteiger partial charge in [-0.2, -0.15) is 0 Å². The Labute approximate surface area is 121 Å². The van der Waals surface area contributed by atoms with Gasteiger partial charge in [0.2, 0.25) is 0 Å². The molecule has 0 amide bonds. The van der Waals surface area contributed by atoms with E-state index < -0.39 is 10.0 Å². The molecule has 0 fully saturated rings. The van der Waals surface area contributed by atoms with E-state index in [0.717, 1.165) is 13.0 Å². The van der Waals surface area contributed by atoms with Crippen molar-refractivity contribution in [3.63, 3.8) is 0 Å². The van der Waals surface area contributed by atoms with Gasteiger partial charge in [-0.3, -0.25) is 0 Å². The Morgan fingerprint density at radius 1 is 1.26 bits per heavy atom. The number of imidazole rings is 1. The van der Waals surface area contributed by atoms with Crippen LogP contribution in [0.15, 0.2) is 11.2 Å². The summed E-state index contributed by atoms with van der Waals surface area (Å²) in [6.07, 6.45) is 2.60. The van der Waals surface area contributed by atoms with E-state index in [4.69, 9.17) is 0 Å². The highest BCUT2D eigenvalue weighted by Gasteiger charge is 2.17. The number of aryl methyl sites for hydroxylation is 2. The number of nitrogens with one attached hydrogen (secondary N) is 2. The van der Waals surface area contributed by atoms with Crippen molar-refractivity contribution in [3.05, 3.63) is 12.0 Å². The third-order valence-corrected chi connectivity index (χ3v) is 3.92. The fraction of sp³-hybridized carbons (Fsp3) is 0.727. The molecule has 0 atom stereocenters. The second-order valence-electron chi connectivity index (χ2n) is 4.06. The third kappa shape index (κ3) is 5.48. The van der Waals surface area contributed by atoms with Crippen molar-refractivity contribution < 1.29 is 8.42 Å². The second-order valence-corrected chi connectivity index (χ2v) is 5.77. The molecule has 0 unspecified atom stereocenters. The average Bonchev–Trinajstić information content (AvgIpc) is 2.71. The number of aromatic nitrogens is 2. The quantitative estimate of drug-likeness (QED) is 0.700. The monoisotopic (exact) mass is 310 g/mol. The molecule has 0 aliphatic rings. The van der Waals surface area contributed by atoms with Crippen LogP contribution in [0.1, 0.15) is 26.1 Å². The molecule has 6 nitrogen and oxygen atoms in total. The molecular formula is C11H23ClN4O2S. The van der Waals surface area contributed by atoms with Crippen LogP contribution in [-0.2, 0) is 16.6 Å². The van der Waals surface area contributed by atoms with E-state index in [9.17, 15) is 8.42 Å². The first-order valence-corrected chi connectivity index (χ1v) is 7.73. The molecule has 0 spiro atoms. The predicted molar refractivity (Wildman–Crippen MR) is 78.2 cm³/mol. The fourth-order valence-electron chi connectivity index (χ4n) is 1.58. The van der Waals surface area contributed by atoms with Gasteiger partial charge < -0.3 is 9.88 Å². The minimum atomic E-state index is -3.48. The highest BCUT2D eigenvalue weighted by molar-refractivity contribution is 7.89. The maximum atomic E-state index is 11.9. The molecule has 1 heterocycles. The molecule has 0 bridgehead atoms. The maximum Gasteiger partial charge on any atom is 0.259 e. The first-order chi connectivity index (χ1) is 8.51. The third-order valence-electron chi connectivity index (χ3n) is 2.59. The fourth-order valence-corrected chi connectivity index (χ4v) is 2.62. The molecule has 1 aromatic heterocycles. The SMILES string of the molecule is CCCNCCNS(=O)(=O)c1cn(CC)c(C)n1.Cl. The summed E-state index contributed by atoms with van der Waals surface area (Å²) in [5.74, 6) is 0.710. The van der Waals surface area contributed by atoms with E-state index in [1.807, 2.05) is 11.5 Å². The molecule has 2 N–H and O–H groups in total. The average molecular weight is 311 g/mol. The van der Waals surface area contributed by atoms with Gasteiger partial charge in [0, 0.05) is 25.8 Å². The van der Waals surface area contributed by atoms with Gasteiger partial charge in [0.25, 0.3) is 10.0 Å². The summed E-state index contributed by atoms with van der Waals surface area (Å²) >= 11 is 0. The summed E-state index contributed by atoms with van der Waals surface area (Å²) in [5.41, 5.74) is 0. The van der Waals surface area contributed by atoms with Crippen LogP contribution in [0.3, 0.4) is 0 Å². The van der Waals surface area contributed by atoms with Crippen LogP contribution >= 0.6 is 12.4 Å². The smallest absolute Gasteiger partial charge is 0.259 e. The predicted octanol–water partition coefficient (Wildman–Crippen LogP) is 0.911. The molecule has 1 rings (SSSR count). The number of hydrogen-bond acceptors (Lipinski definition) is 4. The van der Waals surface area contributed by atoms with E-state index in [0.29, 0.717) is 25.5 Å². The van der Waals surface area contributed by atoms with Crippen LogP contribution in [-0.4, -0.2) is 37.6 Å². The minimum Gasteiger partial charge on any atom is -0.334 e. The lowest BCUT2D eigenvalue weighted by Crippen LogP contribution is -2.32. The summed E-state index contributed by atoms with van der Waals surface area (Å²) in [6, 6.07) is 0. The lowest BCUT2D eigenvalue weighted by Gasteiger charge is -2.04. The van der Waals surface area contributed by atoms with Crippen molar-refractivity contribution in [3.8, 4) is 0 Å². The molecule has 0 saturated heterocycles. The van der Waals surface area contributed by atoms with Gasteiger partial charge in [0.15, 0.2) is 5.03 Å². The standard InChI is InChI=1S/C11H22N4O2S.ClH/c1-4-6-12-7-8-13-18(16,17)11-9-15(5-2)10(3)14-11;/h9,12-13H,4-8H2,1-3H3;1H. The Hall–Kier alpha value is -0.630. The van der Waals surface area contributed by atoms with Gasteiger partial charge in [0.1, 0.15) is 5.82 Å². The largest absolute Gasteiger partial charge is 0.334 e. The highest BCUT2D eigenvalue weighted by Crippen LogP contribution is 2.08. The summed E-state index contributed by atoms with van der Waals surface area (Å²) < 4.78 is 28.2. The van der Waals surface area contributed by atoms with Gasteiger partial charge in [0.05, 0.1) is 0 Å². The number of nitrogens with zero attached hydrogens (tertiary/aromatic N) is 2. The van der Waals surface area contributed by atoms with Crippen LogP contribution in [0.25, 0.3) is 0 Å². The normalized spacial score (nSPS) is 11.3. The zero-order chi connectivity index (χ0) is 13.6. The van der Waals surface area contributed by atoms with Crippen molar-refractivity contribution in [2.24, 2.45) is 0 Å². The van der Waals surface area contributed by atoms with E-state index >= 15 is 0 Å². The zero-order valence-corrected chi connectivity index (χ0v) is 13.3. The van der Waals surface area contributed by atoms with Crippen molar-refractivity contribution in [2.45, 2.75) is 38.8 Å². The van der Waals surface area contributed by atoms with E-state index in [1.54, 1.807) is 13.1 Å². The van der Waals surface area contributed by atoms with Gasteiger partial charge in [-0.25, -0.2) is 18.1 Å². The van der Waals surface area contributed by atoms with Crippen molar-refractivity contribution in [2.75, 3.05) is 19.6 Å². The van der Waals surface area contributed by atoms with E-state index in [-0.39, 0.29) is 17.4 Å². The summed E-state index contributed by atoms with van der Waals surface area (Å²) in [4.78, 5) is 4.06. The molecule has 112 valence electrons. The topological polar surface area (TPSA) is 76.0 Å². The number of sulfonamides is 1. The minimum absolute atomic E-state index is 0. The molecule has 0 aromatic carbocycles. The Morgan fingerprint density at radius 3 is 2.47 bits per heavy atom. The summed E-state index contributed by atoms with van der Waals surface area (Å²) in [6.45, 7) is 8.43. The van der Waals surface area contributed by atoms with Gasteiger partial charge in [-0.15, -0.1) is 12.4 Å². The van der Waals surface area contributed by atoms with Crippen molar-refractivity contribution >= 4 is 22.4 Å². The Bertz CT molecular complexity index is 473. The molecule has 0 saturated carbocycles. The molecule has 0 aliphatic heterocycles. The number of rotatable bonds is 8. The Balaban J connectivity index is 0.00000324. The lowest BCUT2D eigenvalue weighted by atomic mass is 10.5. The second kappa shape index (κ2) is 8.52. The van der Waals surface area contributed by atoms with Crippen molar-refractivity contribution in [1.29, 1.82) is 0 Å². The molecular weight excluding hydrogens is 288 g/mol. The summed E-state index contributed by atoms with van der Waals surface area (Å²) in [7, 11) is -3.48. The van der Waals surface area contributed by atoms with Gasteiger partial charge >= 0.3 is 0 Å². The van der Waals surface area contributed by atoms with Gasteiger partial charge in [-0.05, 0) is 26.8 Å². The van der Waals surface area contributed by atoms with Crippen LogP contribution in [0.4, 0.5) is 0 Å². The van der Waals surface area contributed by atoms with Crippen LogP contribution < -0.4 is 10.0 Å². The Morgan fingerprint density at radius 2 is 1.95 bits per heavy atom. The highest BCUT2D eigenvalue weighted by atomic mass is 35.5. The lowest BCUT2D eigenvalue weighted by molar-refractivity contribution is 0.572. The first-order valence-electron chi connectivity index (χ1n) is 6.25. The molecule has 0 radical (unpaired) electrons. The van der Waals surface area contributed by atoms with Crippen LogP contribution in [0.5, 0.6) is 0 Å². The molecule has 19 heavy (non-hydrogen) atoms. The number of halogens is 1. The zero-order valence-electron chi connectivity index (χ0n) is 11.6. The van der Waals surface area contributed by atoms with Crippen LogP contribution in [0, 0.1) is 6.92 Å². The van der Waals surface area contributed by atoms with Gasteiger partial charge in [-0.1, -0.05) is 6.92 Å². The Kier molecular flexibility index (Phi) is 8.24. The van der Waals surface area contributed by atoms with E-state index in [2.05, 4.69) is 21.9 Å².